The zero-order chi connectivity index (χ0) is 14.5. The molecule has 1 aliphatic rings. The van der Waals surface area contributed by atoms with E-state index in [0.717, 1.165) is 32.5 Å². The van der Waals surface area contributed by atoms with Crippen molar-refractivity contribution < 1.29 is 4.79 Å². The normalized spacial score (nSPS) is 24.0. The molecule has 5 heteroatoms. The molecular formula is C15H22BN3O. The van der Waals surface area contributed by atoms with Gasteiger partial charge in [0.05, 0.1) is 5.56 Å². The van der Waals surface area contributed by atoms with Gasteiger partial charge in [-0.1, -0.05) is 19.9 Å². The molecule has 1 amide bonds. The number of nitrogens with one attached hydrogen (secondary N) is 1. The van der Waals surface area contributed by atoms with Crippen molar-refractivity contribution in [1.82, 2.24) is 15.2 Å². The largest absolute Gasteiger partial charge is 0.334 e. The van der Waals surface area contributed by atoms with E-state index >= 15 is 0 Å². The van der Waals surface area contributed by atoms with Gasteiger partial charge >= 0.3 is 0 Å². The van der Waals surface area contributed by atoms with Gasteiger partial charge in [0, 0.05) is 25.3 Å². The van der Waals surface area contributed by atoms with E-state index < -0.39 is 0 Å². The van der Waals surface area contributed by atoms with Crippen molar-refractivity contribution in [2.75, 3.05) is 19.6 Å². The summed E-state index contributed by atoms with van der Waals surface area (Å²) in [7, 11) is 5.58. The van der Waals surface area contributed by atoms with Gasteiger partial charge in [0.25, 0.3) is 5.91 Å². The van der Waals surface area contributed by atoms with E-state index in [1.54, 1.807) is 18.3 Å². The third-order valence-corrected chi connectivity index (χ3v) is 3.90. The van der Waals surface area contributed by atoms with Gasteiger partial charge < -0.3 is 10.2 Å². The summed E-state index contributed by atoms with van der Waals surface area (Å²) in [6.07, 6.45) is 3.59. The summed E-state index contributed by atoms with van der Waals surface area (Å²) in [5, 5.41) is 3.40. The number of rotatable bonds is 2. The van der Waals surface area contributed by atoms with Gasteiger partial charge in [-0.15, -0.1) is 0 Å². The molecule has 2 radical (unpaired) electrons. The third-order valence-electron chi connectivity index (χ3n) is 3.90. The molecule has 106 valence electrons. The van der Waals surface area contributed by atoms with Crippen LogP contribution in [0.1, 0.15) is 37.0 Å². The van der Waals surface area contributed by atoms with Gasteiger partial charge in [0.15, 0.2) is 0 Å². The lowest BCUT2D eigenvalue weighted by Crippen LogP contribution is -2.47. The van der Waals surface area contributed by atoms with E-state index in [4.69, 9.17) is 7.85 Å². The predicted octanol–water partition coefficient (Wildman–Crippen LogP) is 0.726. The standard InChI is InChI=1S/C15H22BN3O/c1-3-13-8-11(2)9-17-6-7-19(13)15(20)12-4-5-14(16)18-10-12/h4-5,10-11,13,17H,3,6-9H2,1-2H3. The van der Waals surface area contributed by atoms with Crippen LogP contribution >= 0.6 is 0 Å². The smallest absolute Gasteiger partial charge is 0.255 e. The Morgan fingerprint density at radius 1 is 1.55 bits per heavy atom. The number of nitrogens with zero attached hydrogens (tertiary/aromatic N) is 2. The number of aromatic nitrogens is 1. The second-order valence-corrected chi connectivity index (χ2v) is 5.58. The molecule has 0 saturated carbocycles. The van der Waals surface area contributed by atoms with Crippen LogP contribution in [-0.2, 0) is 0 Å². The Hall–Kier alpha value is -1.36. The summed E-state index contributed by atoms with van der Waals surface area (Å²) in [6, 6.07) is 3.74. The predicted molar refractivity (Wildman–Crippen MR) is 81.4 cm³/mol. The average Bonchev–Trinajstić information content (AvgIpc) is 2.43. The lowest BCUT2D eigenvalue weighted by Gasteiger charge is -2.35. The molecule has 1 aromatic rings. The monoisotopic (exact) mass is 271 g/mol. The van der Waals surface area contributed by atoms with E-state index in [1.807, 2.05) is 4.90 Å². The first kappa shape index (κ1) is 15.0. The summed E-state index contributed by atoms with van der Waals surface area (Å²) < 4.78 is 0. The first-order chi connectivity index (χ1) is 9.61. The molecule has 0 spiro atoms. The van der Waals surface area contributed by atoms with Crippen molar-refractivity contribution in [1.29, 1.82) is 0 Å². The Morgan fingerprint density at radius 3 is 3.00 bits per heavy atom. The topological polar surface area (TPSA) is 45.2 Å². The van der Waals surface area contributed by atoms with E-state index in [9.17, 15) is 4.79 Å². The van der Waals surface area contributed by atoms with Crippen LogP contribution in [0.15, 0.2) is 18.3 Å². The number of carbonyl (C=O) groups excluding carboxylic acids is 1. The van der Waals surface area contributed by atoms with Crippen LogP contribution < -0.4 is 10.9 Å². The number of carbonyl (C=O) groups is 1. The van der Waals surface area contributed by atoms with Crippen LogP contribution in [0.2, 0.25) is 0 Å². The Balaban J connectivity index is 2.17. The maximum atomic E-state index is 12.7. The lowest BCUT2D eigenvalue weighted by atomic mass is 9.96. The summed E-state index contributed by atoms with van der Waals surface area (Å²) >= 11 is 0. The van der Waals surface area contributed by atoms with Crippen molar-refractivity contribution in [2.45, 2.75) is 32.7 Å². The maximum Gasteiger partial charge on any atom is 0.255 e. The van der Waals surface area contributed by atoms with Crippen molar-refractivity contribution in [3.8, 4) is 0 Å². The van der Waals surface area contributed by atoms with Crippen LogP contribution in [0.4, 0.5) is 0 Å². The van der Waals surface area contributed by atoms with Crippen LogP contribution in [0, 0.1) is 5.92 Å². The molecule has 1 aliphatic heterocycles. The SMILES string of the molecule is [B]c1ccc(C(=O)N2CCNCC(C)CC2CC)cn1. The van der Waals surface area contributed by atoms with Gasteiger partial charge in [-0.25, -0.2) is 0 Å². The minimum absolute atomic E-state index is 0.0558. The van der Waals surface area contributed by atoms with Crippen LogP contribution in [0.5, 0.6) is 0 Å². The summed E-state index contributed by atoms with van der Waals surface area (Å²) in [5.74, 6) is 0.639. The number of hydrogen-bond donors (Lipinski definition) is 1. The van der Waals surface area contributed by atoms with Crippen molar-refractivity contribution in [3.05, 3.63) is 23.9 Å². The van der Waals surface area contributed by atoms with Crippen molar-refractivity contribution >= 4 is 19.3 Å². The average molecular weight is 271 g/mol. The van der Waals surface area contributed by atoms with Gasteiger partial charge in [0.2, 0.25) is 0 Å². The highest BCUT2D eigenvalue weighted by Gasteiger charge is 2.26. The highest BCUT2D eigenvalue weighted by Crippen LogP contribution is 2.18. The second-order valence-electron chi connectivity index (χ2n) is 5.58. The summed E-state index contributed by atoms with van der Waals surface area (Å²) in [5.41, 5.74) is 1.06. The maximum absolute atomic E-state index is 12.7. The fourth-order valence-corrected chi connectivity index (χ4v) is 2.76. The fraction of sp³-hybridized carbons (Fsp3) is 0.600. The van der Waals surface area contributed by atoms with Crippen molar-refractivity contribution in [3.63, 3.8) is 0 Å². The summed E-state index contributed by atoms with van der Waals surface area (Å²) in [4.78, 5) is 18.7. The first-order valence-electron chi connectivity index (χ1n) is 7.35. The highest BCUT2D eigenvalue weighted by molar-refractivity contribution is 6.30. The summed E-state index contributed by atoms with van der Waals surface area (Å²) in [6.45, 7) is 6.99. The molecule has 0 aliphatic carbocycles. The first-order valence-corrected chi connectivity index (χ1v) is 7.35. The number of hydrogen-bond acceptors (Lipinski definition) is 3. The Bertz CT molecular complexity index is 449. The zero-order valence-electron chi connectivity index (χ0n) is 12.3. The van der Waals surface area contributed by atoms with E-state index in [-0.39, 0.29) is 5.91 Å². The molecule has 2 unspecified atom stereocenters. The molecule has 0 bridgehead atoms. The third kappa shape index (κ3) is 3.60. The second kappa shape index (κ2) is 6.89. The number of pyridine rings is 1. The molecule has 2 rings (SSSR count). The minimum Gasteiger partial charge on any atom is -0.334 e. The van der Waals surface area contributed by atoms with Crippen molar-refractivity contribution in [2.24, 2.45) is 5.92 Å². The number of amides is 1. The Labute approximate surface area is 122 Å². The molecule has 2 heterocycles. The molecular weight excluding hydrogens is 249 g/mol. The molecule has 4 nitrogen and oxygen atoms in total. The minimum atomic E-state index is 0.0558. The van der Waals surface area contributed by atoms with Crippen LogP contribution in [0.25, 0.3) is 0 Å². The zero-order valence-corrected chi connectivity index (χ0v) is 12.3. The molecule has 0 aromatic carbocycles. The fourth-order valence-electron chi connectivity index (χ4n) is 2.76. The van der Waals surface area contributed by atoms with E-state index in [0.29, 0.717) is 23.1 Å². The Kier molecular flexibility index (Phi) is 5.18. The van der Waals surface area contributed by atoms with E-state index in [1.165, 1.54) is 0 Å². The molecule has 20 heavy (non-hydrogen) atoms. The van der Waals surface area contributed by atoms with Gasteiger partial charge in [0.1, 0.15) is 7.85 Å². The van der Waals surface area contributed by atoms with Gasteiger partial charge in [-0.05, 0) is 37.0 Å². The molecule has 2 atom stereocenters. The molecule has 1 N–H and O–H groups in total. The quantitative estimate of drug-likeness (QED) is 0.806. The Morgan fingerprint density at radius 2 is 2.35 bits per heavy atom. The van der Waals surface area contributed by atoms with Gasteiger partial charge in [-0.3, -0.25) is 9.78 Å². The van der Waals surface area contributed by atoms with E-state index in [2.05, 4.69) is 24.1 Å². The highest BCUT2D eigenvalue weighted by atomic mass is 16.2. The molecule has 1 saturated heterocycles. The van der Waals surface area contributed by atoms with Gasteiger partial charge in [-0.2, -0.15) is 0 Å². The van der Waals surface area contributed by atoms with Crippen LogP contribution in [0.3, 0.4) is 0 Å². The lowest BCUT2D eigenvalue weighted by molar-refractivity contribution is 0.0630. The molecule has 1 fully saturated rings. The molecule has 1 aromatic heterocycles. The van der Waals surface area contributed by atoms with Crippen LogP contribution in [-0.4, -0.2) is 49.3 Å².